The molecule has 0 N–H and O–H groups in total. The standard InChI is InChI=1S/C52H30N4O/c1-2-15-32-29-44-39(28-31(32)14-1)35-18-5-10-24-42(35)55(44)51-34-17-4-3-16-33(34)30-45-49(51)36-19-6-11-25-43(36)56(45)52-50(53-40-22-8-9-23-41(40)54-52)38-21-13-27-47-48(38)37-20-7-12-26-46(37)57-47/h1-30H. The molecule has 13 aromatic rings. The first kappa shape index (κ1) is 30.6. The van der Waals surface area contributed by atoms with E-state index in [-0.39, 0.29) is 0 Å². The molecule has 0 unspecified atom stereocenters. The van der Waals surface area contributed by atoms with Gasteiger partial charge in [-0.3, -0.25) is 4.57 Å². The predicted molar refractivity (Wildman–Crippen MR) is 236 cm³/mol. The summed E-state index contributed by atoms with van der Waals surface area (Å²) in [4.78, 5) is 11.0. The fraction of sp³-hybridized carbons (Fsp3) is 0. The Morgan fingerprint density at radius 3 is 1.79 bits per heavy atom. The first-order chi connectivity index (χ1) is 28.3. The maximum Gasteiger partial charge on any atom is 0.165 e. The molecule has 0 amide bonds. The zero-order chi connectivity index (χ0) is 37.2. The van der Waals surface area contributed by atoms with Gasteiger partial charge in [0.25, 0.3) is 0 Å². The van der Waals surface area contributed by atoms with E-state index < -0.39 is 0 Å². The van der Waals surface area contributed by atoms with Crippen LogP contribution in [0, 0.1) is 0 Å². The lowest BCUT2D eigenvalue weighted by molar-refractivity contribution is 0.669. The fourth-order valence-corrected chi connectivity index (χ4v) is 9.42. The van der Waals surface area contributed by atoms with E-state index in [0.717, 1.165) is 82.9 Å². The van der Waals surface area contributed by atoms with Crippen molar-refractivity contribution in [3.63, 3.8) is 0 Å². The van der Waals surface area contributed by atoms with Gasteiger partial charge in [-0.05, 0) is 70.8 Å². The maximum absolute atomic E-state index is 6.42. The van der Waals surface area contributed by atoms with Crippen molar-refractivity contribution in [1.82, 2.24) is 19.1 Å². The molecule has 0 radical (unpaired) electrons. The average molecular weight is 727 g/mol. The third-order valence-corrected chi connectivity index (χ3v) is 11.8. The molecule has 0 saturated carbocycles. The van der Waals surface area contributed by atoms with Crippen LogP contribution in [0.25, 0.3) is 121 Å². The number of fused-ring (bicyclic) bond motifs is 12. The van der Waals surface area contributed by atoms with Crippen molar-refractivity contribution in [2.75, 3.05) is 0 Å². The Morgan fingerprint density at radius 2 is 0.965 bits per heavy atom. The van der Waals surface area contributed by atoms with E-state index in [4.69, 9.17) is 14.4 Å². The molecule has 5 heteroatoms. The number of benzene rings is 9. The molecule has 9 aromatic carbocycles. The Bertz CT molecular complexity index is 3830. The number of hydrogen-bond acceptors (Lipinski definition) is 3. The molecule has 0 fully saturated rings. The second kappa shape index (κ2) is 11.4. The highest BCUT2D eigenvalue weighted by molar-refractivity contribution is 6.23. The Morgan fingerprint density at radius 1 is 0.368 bits per heavy atom. The van der Waals surface area contributed by atoms with Crippen LogP contribution in [0.5, 0.6) is 0 Å². The van der Waals surface area contributed by atoms with Crippen LogP contribution >= 0.6 is 0 Å². The summed E-state index contributed by atoms with van der Waals surface area (Å²) in [6, 6.07) is 64.8. The molecule has 0 atom stereocenters. The zero-order valence-corrected chi connectivity index (χ0v) is 30.5. The number of aromatic nitrogens is 4. The van der Waals surface area contributed by atoms with E-state index >= 15 is 0 Å². The molecule has 4 aromatic heterocycles. The first-order valence-electron chi connectivity index (χ1n) is 19.3. The lowest BCUT2D eigenvalue weighted by Crippen LogP contribution is -2.04. The van der Waals surface area contributed by atoms with Crippen LogP contribution < -0.4 is 0 Å². The lowest BCUT2D eigenvalue weighted by atomic mass is 10.0. The van der Waals surface area contributed by atoms with E-state index in [2.05, 4.69) is 155 Å². The summed E-state index contributed by atoms with van der Waals surface area (Å²) in [5.74, 6) is 0.770. The Kier molecular flexibility index (Phi) is 6.10. The van der Waals surface area contributed by atoms with Crippen LogP contribution in [0.1, 0.15) is 0 Å². The molecule has 0 aliphatic rings. The predicted octanol–water partition coefficient (Wildman–Crippen LogP) is 13.7. The minimum Gasteiger partial charge on any atom is -0.456 e. The van der Waals surface area contributed by atoms with Crippen molar-refractivity contribution in [2.45, 2.75) is 0 Å². The molecule has 57 heavy (non-hydrogen) atoms. The monoisotopic (exact) mass is 726 g/mol. The molecule has 0 aliphatic heterocycles. The summed E-state index contributed by atoms with van der Waals surface area (Å²) in [6.45, 7) is 0. The van der Waals surface area contributed by atoms with E-state index in [0.29, 0.717) is 0 Å². The number of nitrogens with zero attached hydrogens (tertiary/aromatic N) is 4. The second-order valence-corrected chi connectivity index (χ2v) is 14.9. The van der Waals surface area contributed by atoms with Gasteiger partial charge in [-0.25, -0.2) is 9.97 Å². The quantitative estimate of drug-likeness (QED) is 0.182. The number of rotatable bonds is 3. The van der Waals surface area contributed by atoms with Crippen LogP contribution in [-0.4, -0.2) is 19.1 Å². The summed E-state index contributed by atoms with van der Waals surface area (Å²) >= 11 is 0. The van der Waals surface area contributed by atoms with Crippen LogP contribution in [0.2, 0.25) is 0 Å². The summed E-state index contributed by atoms with van der Waals surface area (Å²) < 4.78 is 11.3. The highest BCUT2D eigenvalue weighted by Crippen LogP contribution is 2.46. The van der Waals surface area contributed by atoms with Crippen LogP contribution in [0.15, 0.2) is 186 Å². The van der Waals surface area contributed by atoms with Gasteiger partial charge in [-0.1, -0.05) is 127 Å². The second-order valence-electron chi connectivity index (χ2n) is 14.9. The van der Waals surface area contributed by atoms with Crippen LogP contribution in [0.3, 0.4) is 0 Å². The zero-order valence-electron chi connectivity index (χ0n) is 30.5. The van der Waals surface area contributed by atoms with E-state index in [1.165, 1.54) is 38.0 Å². The van der Waals surface area contributed by atoms with Crippen LogP contribution in [-0.2, 0) is 0 Å². The number of para-hydroxylation sites is 5. The third-order valence-electron chi connectivity index (χ3n) is 11.8. The van der Waals surface area contributed by atoms with E-state index in [9.17, 15) is 0 Å². The van der Waals surface area contributed by atoms with Gasteiger partial charge < -0.3 is 8.98 Å². The molecular weight excluding hydrogens is 697 g/mol. The smallest absolute Gasteiger partial charge is 0.165 e. The summed E-state index contributed by atoms with van der Waals surface area (Å²) in [7, 11) is 0. The van der Waals surface area contributed by atoms with Gasteiger partial charge in [0.05, 0.1) is 38.8 Å². The SMILES string of the molecule is c1ccc2cc3c(cc2c1)c1ccccc1n3-c1c2ccccc2cc2c1c1ccccc1n2-c1nc2ccccc2nc1-c1cccc2oc3ccccc3c12. The summed E-state index contributed by atoms with van der Waals surface area (Å²) in [6.07, 6.45) is 0. The Labute approximate surface area is 325 Å². The Balaban J connectivity index is 1.23. The van der Waals surface area contributed by atoms with Crippen molar-refractivity contribution < 1.29 is 4.42 Å². The highest BCUT2D eigenvalue weighted by atomic mass is 16.3. The van der Waals surface area contributed by atoms with E-state index in [1.807, 2.05) is 36.4 Å². The molecular formula is C52H30N4O. The fourth-order valence-electron chi connectivity index (χ4n) is 9.42. The highest BCUT2D eigenvalue weighted by Gasteiger charge is 2.26. The lowest BCUT2D eigenvalue weighted by Gasteiger charge is -2.17. The number of furan rings is 1. The molecule has 13 rings (SSSR count). The summed E-state index contributed by atoms with van der Waals surface area (Å²) in [5.41, 5.74) is 10.7. The largest absolute Gasteiger partial charge is 0.456 e. The van der Waals surface area contributed by atoms with E-state index in [1.54, 1.807) is 0 Å². The van der Waals surface area contributed by atoms with Crippen molar-refractivity contribution in [1.29, 1.82) is 0 Å². The molecule has 264 valence electrons. The van der Waals surface area contributed by atoms with Gasteiger partial charge in [-0.15, -0.1) is 0 Å². The van der Waals surface area contributed by atoms with Gasteiger partial charge in [0, 0.05) is 43.3 Å². The summed E-state index contributed by atoms with van der Waals surface area (Å²) in [5, 5.41) is 11.6. The van der Waals surface area contributed by atoms with Gasteiger partial charge >= 0.3 is 0 Å². The topological polar surface area (TPSA) is 48.8 Å². The van der Waals surface area contributed by atoms with Gasteiger partial charge in [-0.2, -0.15) is 0 Å². The van der Waals surface area contributed by atoms with Crippen molar-refractivity contribution >= 4 is 98.1 Å². The molecule has 0 aliphatic carbocycles. The van der Waals surface area contributed by atoms with Gasteiger partial charge in [0.1, 0.15) is 16.9 Å². The normalized spacial score (nSPS) is 12.2. The maximum atomic E-state index is 6.42. The third kappa shape index (κ3) is 4.23. The van der Waals surface area contributed by atoms with Crippen LogP contribution in [0.4, 0.5) is 0 Å². The van der Waals surface area contributed by atoms with Crippen molar-refractivity contribution in [3.8, 4) is 22.8 Å². The minimum absolute atomic E-state index is 0.770. The molecule has 5 nitrogen and oxygen atoms in total. The number of hydrogen-bond donors (Lipinski definition) is 0. The first-order valence-corrected chi connectivity index (χ1v) is 19.3. The molecule has 4 heterocycles. The van der Waals surface area contributed by atoms with Gasteiger partial charge in [0.15, 0.2) is 5.82 Å². The molecule has 0 bridgehead atoms. The Hall–Kier alpha value is -7.76. The molecule has 0 spiro atoms. The molecule has 0 saturated heterocycles. The minimum atomic E-state index is 0.770. The van der Waals surface area contributed by atoms with Gasteiger partial charge in [0.2, 0.25) is 0 Å². The average Bonchev–Trinajstić information content (AvgIpc) is 3.92. The van der Waals surface area contributed by atoms with Crippen molar-refractivity contribution in [2.24, 2.45) is 0 Å². The van der Waals surface area contributed by atoms with Crippen molar-refractivity contribution in [3.05, 3.63) is 182 Å².